The fraction of sp³-hybridized carbons (Fsp3) is 0.235. The van der Waals surface area contributed by atoms with Crippen molar-refractivity contribution < 1.29 is 9.53 Å². The molecule has 3 rings (SSSR count). The Morgan fingerprint density at radius 1 is 1.40 bits per heavy atom. The zero-order chi connectivity index (χ0) is 17.6. The molecule has 2 heterocycles. The van der Waals surface area contributed by atoms with Gasteiger partial charge in [-0.2, -0.15) is 5.10 Å². The molecule has 2 aromatic heterocycles. The lowest BCUT2D eigenvalue weighted by atomic mass is 10.2. The summed E-state index contributed by atoms with van der Waals surface area (Å²) in [5.41, 5.74) is 1.77. The van der Waals surface area contributed by atoms with Gasteiger partial charge >= 0.3 is 0 Å². The number of nitrogens with one attached hydrogen (secondary N) is 2. The van der Waals surface area contributed by atoms with Gasteiger partial charge in [0.05, 0.1) is 11.5 Å². The number of aromatic nitrogens is 3. The van der Waals surface area contributed by atoms with E-state index in [0.29, 0.717) is 24.3 Å². The average molecular weight is 374 g/mol. The summed E-state index contributed by atoms with van der Waals surface area (Å²) in [6.45, 7) is 0.976. The smallest absolute Gasteiger partial charge is 0.226 e. The van der Waals surface area contributed by atoms with Gasteiger partial charge in [0.1, 0.15) is 0 Å². The maximum absolute atomic E-state index is 12.3. The highest BCUT2D eigenvalue weighted by molar-refractivity contribution is 7.71. The third-order valence-corrected chi connectivity index (χ3v) is 4.76. The first-order valence-electron chi connectivity index (χ1n) is 7.74. The van der Waals surface area contributed by atoms with E-state index in [4.69, 9.17) is 17.0 Å². The largest absolute Gasteiger partial charge is 0.380 e. The lowest BCUT2D eigenvalue weighted by Crippen LogP contribution is -2.15. The summed E-state index contributed by atoms with van der Waals surface area (Å²) in [5.74, 6) is 0.685. The minimum Gasteiger partial charge on any atom is -0.380 e. The van der Waals surface area contributed by atoms with Crippen LogP contribution >= 0.6 is 23.6 Å². The average Bonchev–Trinajstić information content (AvgIpc) is 3.23. The van der Waals surface area contributed by atoms with Crippen LogP contribution in [0.5, 0.6) is 0 Å². The molecular formula is C17H18N4O2S2. The quantitative estimate of drug-likeness (QED) is 0.616. The third-order valence-electron chi connectivity index (χ3n) is 3.58. The van der Waals surface area contributed by atoms with Gasteiger partial charge in [-0.25, -0.2) is 0 Å². The fourth-order valence-electron chi connectivity index (χ4n) is 2.46. The summed E-state index contributed by atoms with van der Waals surface area (Å²) in [4.78, 5) is 13.3. The van der Waals surface area contributed by atoms with Crippen molar-refractivity contribution in [2.45, 2.75) is 19.6 Å². The van der Waals surface area contributed by atoms with Crippen LogP contribution in [0.15, 0.2) is 41.8 Å². The van der Waals surface area contributed by atoms with E-state index in [1.165, 1.54) is 0 Å². The highest BCUT2D eigenvalue weighted by Crippen LogP contribution is 2.23. The van der Waals surface area contributed by atoms with Gasteiger partial charge in [-0.05, 0) is 41.4 Å². The second-order valence-corrected chi connectivity index (χ2v) is 6.75. The van der Waals surface area contributed by atoms with Crippen molar-refractivity contribution in [3.05, 3.63) is 52.1 Å². The number of nitrogens with zero attached hydrogens (tertiary/aromatic N) is 2. The number of hydrogen-bond donors (Lipinski definition) is 2. The van der Waals surface area contributed by atoms with Crippen molar-refractivity contribution in [3.8, 4) is 10.7 Å². The number of thiophene rings is 1. The van der Waals surface area contributed by atoms with Crippen LogP contribution in [-0.4, -0.2) is 27.8 Å². The first-order chi connectivity index (χ1) is 12.2. The summed E-state index contributed by atoms with van der Waals surface area (Å²) in [5, 5.41) is 12.0. The number of benzene rings is 1. The van der Waals surface area contributed by atoms with Gasteiger partial charge in [-0.3, -0.25) is 14.5 Å². The molecule has 0 atom stereocenters. The van der Waals surface area contributed by atoms with E-state index in [1.54, 1.807) is 18.4 Å². The molecular weight excluding hydrogens is 356 g/mol. The Bertz CT molecular complexity index is 900. The number of ether oxygens (including phenoxy) is 1. The molecule has 0 unspecified atom stereocenters. The van der Waals surface area contributed by atoms with Crippen molar-refractivity contribution >= 4 is 35.1 Å². The highest BCUT2D eigenvalue weighted by atomic mass is 32.1. The van der Waals surface area contributed by atoms with Crippen LogP contribution in [0, 0.1) is 4.77 Å². The number of methoxy groups -OCH3 is 1. The number of rotatable bonds is 7. The maximum Gasteiger partial charge on any atom is 0.226 e. The molecule has 0 fully saturated rings. The third kappa shape index (κ3) is 4.41. The van der Waals surface area contributed by atoms with E-state index in [1.807, 2.05) is 46.3 Å². The number of anilines is 1. The lowest BCUT2D eigenvalue weighted by molar-refractivity contribution is -0.116. The highest BCUT2D eigenvalue weighted by Gasteiger charge is 2.11. The van der Waals surface area contributed by atoms with Gasteiger partial charge < -0.3 is 10.1 Å². The number of aromatic amines is 1. The number of carbonyl (C=O) groups is 1. The predicted octanol–water partition coefficient (Wildman–Crippen LogP) is 3.84. The Kier molecular flexibility index (Phi) is 5.75. The molecule has 8 heteroatoms. The molecule has 3 aromatic rings. The molecule has 0 aliphatic carbocycles. The molecule has 0 saturated carbocycles. The van der Waals surface area contributed by atoms with Gasteiger partial charge in [-0.15, -0.1) is 11.3 Å². The van der Waals surface area contributed by atoms with Crippen molar-refractivity contribution in [3.63, 3.8) is 0 Å². The van der Waals surface area contributed by atoms with Crippen molar-refractivity contribution in [1.82, 2.24) is 14.8 Å². The van der Waals surface area contributed by atoms with Gasteiger partial charge in [-0.1, -0.05) is 18.2 Å². The van der Waals surface area contributed by atoms with Crippen molar-refractivity contribution in [1.29, 1.82) is 0 Å². The first-order valence-corrected chi connectivity index (χ1v) is 9.03. The van der Waals surface area contributed by atoms with E-state index in [9.17, 15) is 4.79 Å². The predicted molar refractivity (Wildman–Crippen MR) is 101 cm³/mol. The molecule has 0 saturated heterocycles. The molecule has 0 spiro atoms. The molecule has 2 N–H and O–H groups in total. The number of amides is 1. The Balaban J connectivity index is 1.64. The van der Waals surface area contributed by atoms with Crippen LogP contribution in [0.4, 0.5) is 5.69 Å². The van der Waals surface area contributed by atoms with E-state index in [2.05, 4.69) is 15.5 Å². The minimum atomic E-state index is -0.0743. The second kappa shape index (κ2) is 8.19. The number of hydrogen-bond acceptors (Lipinski definition) is 5. The van der Waals surface area contributed by atoms with Crippen LogP contribution in [-0.2, 0) is 22.7 Å². The molecule has 6 nitrogen and oxygen atoms in total. The Morgan fingerprint density at radius 2 is 2.28 bits per heavy atom. The van der Waals surface area contributed by atoms with Crippen LogP contribution < -0.4 is 5.32 Å². The van der Waals surface area contributed by atoms with Crippen LogP contribution in [0.2, 0.25) is 0 Å². The lowest BCUT2D eigenvalue weighted by Gasteiger charge is -2.08. The summed E-state index contributed by atoms with van der Waals surface area (Å²) in [6.07, 6.45) is 0.306. The Labute approximate surface area is 154 Å². The van der Waals surface area contributed by atoms with E-state index in [-0.39, 0.29) is 5.91 Å². The molecule has 0 radical (unpaired) electrons. The first kappa shape index (κ1) is 17.5. The molecule has 0 bridgehead atoms. The topological polar surface area (TPSA) is 71.9 Å². The molecule has 0 aliphatic heterocycles. The zero-order valence-electron chi connectivity index (χ0n) is 13.7. The Hall–Kier alpha value is -2.29. The van der Waals surface area contributed by atoms with Gasteiger partial charge in [0.2, 0.25) is 5.91 Å². The fourth-order valence-corrected chi connectivity index (χ4v) is 3.41. The van der Waals surface area contributed by atoms with Crippen molar-refractivity contribution in [2.24, 2.45) is 0 Å². The van der Waals surface area contributed by atoms with E-state index >= 15 is 0 Å². The SMILES string of the molecule is COCc1cccc(NC(=O)CCn2c(-c3cccs3)n[nH]c2=S)c1. The van der Waals surface area contributed by atoms with E-state index < -0.39 is 0 Å². The second-order valence-electron chi connectivity index (χ2n) is 5.41. The van der Waals surface area contributed by atoms with Gasteiger partial charge in [0.15, 0.2) is 10.6 Å². The minimum absolute atomic E-state index is 0.0743. The van der Waals surface area contributed by atoms with Crippen LogP contribution in [0.1, 0.15) is 12.0 Å². The molecule has 25 heavy (non-hydrogen) atoms. The molecule has 1 aromatic carbocycles. The number of H-pyrrole nitrogens is 1. The van der Waals surface area contributed by atoms with Crippen LogP contribution in [0.3, 0.4) is 0 Å². The van der Waals surface area contributed by atoms with Gasteiger partial charge in [0, 0.05) is 25.8 Å². The summed E-state index contributed by atoms with van der Waals surface area (Å²) in [7, 11) is 1.64. The maximum atomic E-state index is 12.3. The monoisotopic (exact) mass is 374 g/mol. The van der Waals surface area contributed by atoms with E-state index in [0.717, 1.165) is 22.0 Å². The van der Waals surface area contributed by atoms with Crippen molar-refractivity contribution in [2.75, 3.05) is 12.4 Å². The normalized spacial score (nSPS) is 10.8. The summed E-state index contributed by atoms with van der Waals surface area (Å²) < 4.78 is 7.47. The molecule has 1 amide bonds. The Morgan fingerprint density at radius 3 is 3.04 bits per heavy atom. The standard InChI is InChI=1S/C17H18N4O2S2/c1-23-11-12-4-2-5-13(10-12)18-15(22)7-8-21-16(19-20-17(21)24)14-6-3-9-25-14/h2-6,9-10H,7-8,11H2,1H3,(H,18,22)(H,20,24). The van der Waals surface area contributed by atoms with Crippen LogP contribution in [0.25, 0.3) is 10.7 Å². The molecule has 130 valence electrons. The summed E-state index contributed by atoms with van der Waals surface area (Å²) >= 11 is 6.86. The number of carbonyl (C=O) groups excluding carboxylic acids is 1. The van der Waals surface area contributed by atoms with Gasteiger partial charge in [0.25, 0.3) is 0 Å². The summed E-state index contributed by atoms with van der Waals surface area (Å²) in [6, 6.07) is 11.6. The molecule has 0 aliphatic rings. The zero-order valence-corrected chi connectivity index (χ0v) is 15.3.